The number of carbonyl (C=O) groups is 1. The summed E-state index contributed by atoms with van der Waals surface area (Å²) < 4.78 is 24.2. The molecule has 8 nitrogen and oxygen atoms in total. The number of fused-ring (bicyclic) bond motifs is 1. The summed E-state index contributed by atoms with van der Waals surface area (Å²) in [6.45, 7) is 4.02. The van der Waals surface area contributed by atoms with Crippen LogP contribution in [0.25, 0.3) is 5.65 Å². The number of carbonyl (C=O) groups excluding carboxylic acids is 1. The van der Waals surface area contributed by atoms with Gasteiger partial charge in [-0.15, -0.1) is 6.58 Å². The number of aromatic nitrogens is 2. The van der Waals surface area contributed by atoms with Crippen LogP contribution in [-0.2, 0) is 13.0 Å². The first-order valence-corrected chi connectivity index (χ1v) is 11.0. The number of benzene rings is 2. The third-order valence-corrected chi connectivity index (χ3v) is 5.39. The van der Waals surface area contributed by atoms with Crippen molar-refractivity contribution in [2.24, 2.45) is 0 Å². The van der Waals surface area contributed by atoms with Crippen molar-refractivity contribution >= 4 is 17.2 Å². The summed E-state index contributed by atoms with van der Waals surface area (Å²) in [5.41, 5.74) is 3.40. The molecule has 0 radical (unpaired) electrons. The lowest BCUT2D eigenvalue weighted by atomic mass is 10.0. The highest BCUT2D eigenvalue weighted by Gasteiger charge is 2.17. The number of hydrogen-bond acceptors (Lipinski definition) is 6. The van der Waals surface area contributed by atoms with Crippen LogP contribution < -0.4 is 24.3 Å². The number of amides is 1. The third kappa shape index (κ3) is 5.22. The van der Waals surface area contributed by atoms with Gasteiger partial charge < -0.3 is 28.7 Å². The Kier molecular flexibility index (Phi) is 7.21. The van der Waals surface area contributed by atoms with E-state index >= 15 is 0 Å². The van der Waals surface area contributed by atoms with Crippen molar-refractivity contribution in [2.75, 3.05) is 26.6 Å². The molecular weight excluding hydrogens is 446 g/mol. The SMILES string of the molecule is C=CCc1cc(C(=O)Nc2ccc(OC)c(OCc3cn4ccccc4n3)c2)cc(OC)c1OC. The van der Waals surface area contributed by atoms with Crippen LogP contribution in [-0.4, -0.2) is 36.6 Å². The van der Waals surface area contributed by atoms with E-state index in [0.29, 0.717) is 40.7 Å². The fourth-order valence-corrected chi connectivity index (χ4v) is 3.76. The Morgan fingerprint density at radius 2 is 1.86 bits per heavy atom. The van der Waals surface area contributed by atoms with Crippen LogP contribution >= 0.6 is 0 Å². The van der Waals surface area contributed by atoms with Crippen LogP contribution in [0.1, 0.15) is 21.6 Å². The Balaban J connectivity index is 1.54. The molecule has 35 heavy (non-hydrogen) atoms. The Hall–Kier alpha value is -4.46. The predicted molar refractivity (Wildman–Crippen MR) is 134 cm³/mol. The smallest absolute Gasteiger partial charge is 0.255 e. The third-order valence-electron chi connectivity index (χ3n) is 5.39. The Labute approximate surface area is 203 Å². The van der Waals surface area contributed by atoms with E-state index in [9.17, 15) is 4.79 Å². The number of allylic oxidation sites excluding steroid dienone is 1. The quantitative estimate of drug-likeness (QED) is 0.329. The van der Waals surface area contributed by atoms with Gasteiger partial charge in [-0.05, 0) is 42.8 Å². The summed E-state index contributed by atoms with van der Waals surface area (Å²) in [6.07, 6.45) is 6.11. The molecule has 1 amide bonds. The van der Waals surface area contributed by atoms with Gasteiger partial charge in [0.2, 0.25) is 0 Å². The molecule has 0 unspecified atom stereocenters. The summed E-state index contributed by atoms with van der Waals surface area (Å²) >= 11 is 0. The maximum absolute atomic E-state index is 13.1. The highest BCUT2D eigenvalue weighted by atomic mass is 16.5. The summed E-state index contributed by atoms with van der Waals surface area (Å²) in [7, 11) is 4.67. The lowest BCUT2D eigenvalue weighted by Gasteiger charge is -2.15. The van der Waals surface area contributed by atoms with Gasteiger partial charge in [-0.1, -0.05) is 12.1 Å². The maximum atomic E-state index is 13.1. The molecule has 0 bridgehead atoms. The molecule has 0 fully saturated rings. The minimum absolute atomic E-state index is 0.246. The second-order valence-corrected chi connectivity index (χ2v) is 7.67. The molecular formula is C27H27N3O5. The average molecular weight is 474 g/mol. The number of nitrogens with one attached hydrogen (secondary N) is 1. The van der Waals surface area contributed by atoms with Gasteiger partial charge >= 0.3 is 0 Å². The lowest BCUT2D eigenvalue weighted by molar-refractivity contribution is 0.102. The number of imidazole rings is 1. The van der Waals surface area contributed by atoms with Crippen molar-refractivity contribution < 1.29 is 23.7 Å². The number of anilines is 1. The normalized spacial score (nSPS) is 10.6. The van der Waals surface area contributed by atoms with E-state index in [1.165, 1.54) is 7.11 Å². The number of ether oxygens (including phenoxy) is 4. The van der Waals surface area contributed by atoms with Gasteiger partial charge in [0.25, 0.3) is 5.91 Å². The van der Waals surface area contributed by atoms with Crippen molar-refractivity contribution in [1.29, 1.82) is 0 Å². The van der Waals surface area contributed by atoms with Crippen LogP contribution in [0.4, 0.5) is 5.69 Å². The number of rotatable bonds is 10. The molecule has 1 N–H and O–H groups in total. The summed E-state index contributed by atoms with van der Waals surface area (Å²) in [6, 6.07) is 14.4. The van der Waals surface area contributed by atoms with Crippen molar-refractivity contribution in [2.45, 2.75) is 13.0 Å². The summed E-state index contributed by atoms with van der Waals surface area (Å²) in [5.74, 6) is 1.79. The summed E-state index contributed by atoms with van der Waals surface area (Å²) in [4.78, 5) is 17.6. The number of nitrogens with zero attached hydrogens (tertiary/aromatic N) is 2. The van der Waals surface area contributed by atoms with E-state index in [-0.39, 0.29) is 12.5 Å². The van der Waals surface area contributed by atoms with Crippen LogP contribution in [0.2, 0.25) is 0 Å². The summed E-state index contributed by atoms with van der Waals surface area (Å²) in [5, 5.41) is 2.91. The zero-order valence-electron chi connectivity index (χ0n) is 19.9. The van der Waals surface area contributed by atoms with E-state index < -0.39 is 0 Å². The largest absolute Gasteiger partial charge is 0.493 e. The van der Waals surface area contributed by atoms with Crippen molar-refractivity contribution in [3.8, 4) is 23.0 Å². The fraction of sp³-hybridized carbons (Fsp3) is 0.185. The minimum Gasteiger partial charge on any atom is -0.493 e. The molecule has 4 rings (SSSR count). The van der Waals surface area contributed by atoms with Crippen LogP contribution in [0.5, 0.6) is 23.0 Å². The van der Waals surface area contributed by atoms with E-state index in [1.54, 1.807) is 50.6 Å². The van der Waals surface area contributed by atoms with Crippen molar-refractivity contribution in [3.63, 3.8) is 0 Å². The Morgan fingerprint density at radius 1 is 1.03 bits per heavy atom. The van der Waals surface area contributed by atoms with Crippen molar-refractivity contribution in [1.82, 2.24) is 9.38 Å². The zero-order chi connectivity index (χ0) is 24.8. The maximum Gasteiger partial charge on any atom is 0.255 e. The second kappa shape index (κ2) is 10.6. The average Bonchev–Trinajstić information content (AvgIpc) is 3.30. The number of methoxy groups -OCH3 is 3. The molecule has 8 heteroatoms. The van der Waals surface area contributed by atoms with Gasteiger partial charge in [0.1, 0.15) is 12.3 Å². The number of hydrogen-bond donors (Lipinski definition) is 1. The monoisotopic (exact) mass is 473 g/mol. The Bertz CT molecular complexity index is 1330. The van der Waals surface area contributed by atoms with Gasteiger partial charge in [0.15, 0.2) is 23.0 Å². The molecule has 0 aliphatic heterocycles. The minimum atomic E-state index is -0.298. The molecule has 2 aromatic carbocycles. The highest BCUT2D eigenvalue weighted by molar-refractivity contribution is 6.05. The molecule has 0 saturated carbocycles. The standard InChI is InChI=1S/C27H27N3O5/c1-5-8-18-13-19(14-24(33-3)26(18)34-4)27(31)29-20-10-11-22(32-2)23(15-20)35-17-21-16-30-12-7-6-9-25(30)28-21/h5-7,9-16H,1,8,17H2,2-4H3,(H,29,31). The van der Waals surface area contributed by atoms with Gasteiger partial charge in [-0.2, -0.15) is 0 Å². The second-order valence-electron chi connectivity index (χ2n) is 7.67. The topological polar surface area (TPSA) is 83.3 Å². The predicted octanol–water partition coefficient (Wildman–Crippen LogP) is 4.92. The Morgan fingerprint density at radius 3 is 2.57 bits per heavy atom. The molecule has 0 saturated heterocycles. The zero-order valence-corrected chi connectivity index (χ0v) is 19.9. The van der Waals surface area contributed by atoms with Gasteiger partial charge in [0, 0.05) is 35.3 Å². The van der Waals surface area contributed by atoms with Gasteiger partial charge in [-0.25, -0.2) is 4.98 Å². The van der Waals surface area contributed by atoms with Gasteiger partial charge in [-0.3, -0.25) is 4.79 Å². The molecule has 4 aromatic rings. The van der Waals surface area contributed by atoms with Gasteiger partial charge in [0.05, 0.1) is 27.0 Å². The fourth-order valence-electron chi connectivity index (χ4n) is 3.76. The van der Waals surface area contributed by atoms with E-state index in [4.69, 9.17) is 18.9 Å². The van der Waals surface area contributed by atoms with E-state index in [2.05, 4.69) is 16.9 Å². The first kappa shape index (κ1) is 23.7. The molecule has 2 heterocycles. The lowest BCUT2D eigenvalue weighted by Crippen LogP contribution is -2.13. The molecule has 0 spiro atoms. The van der Waals surface area contributed by atoms with Crippen LogP contribution in [0, 0.1) is 0 Å². The van der Waals surface area contributed by atoms with Crippen molar-refractivity contribution in [3.05, 3.63) is 90.4 Å². The first-order valence-electron chi connectivity index (χ1n) is 11.0. The number of pyridine rings is 1. The van der Waals surface area contributed by atoms with E-state index in [1.807, 2.05) is 35.0 Å². The molecule has 0 aliphatic carbocycles. The molecule has 0 atom stereocenters. The first-order chi connectivity index (χ1) is 17.1. The highest BCUT2D eigenvalue weighted by Crippen LogP contribution is 2.34. The molecule has 0 aliphatic rings. The van der Waals surface area contributed by atoms with Crippen LogP contribution in [0.3, 0.4) is 0 Å². The molecule has 180 valence electrons. The molecule has 2 aromatic heterocycles. The van der Waals surface area contributed by atoms with E-state index in [0.717, 1.165) is 16.9 Å². The van der Waals surface area contributed by atoms with Crippen LogP contribution in [0.15, 0.2) is 73.6 Å².